The molecule has 0 bridgehead atoms. The summed E-state index contributed by atoms with van der Waals surface area (Å²) in [6, 6.07) is 4.96. The van der Waals surface area contributed by atoms with E-state index in [-0.39, 0.29) is 24.1 Å². The number of carbonyl (C=O) groups is 1. The summed E-state index contributed by atoms with van der Waals surface area (Å²) in [5, 5.41) is 6.32. The van der Waals surface area contributed by atoms with E-state index >= 15 is 0 Å². The number of carbonyl (C=O) groups excluding carboxylic acids is 1. The van der Waals surface area contributed by atoms with Crippen LogP contribution in [0.1, 0.15) is 31.7 Å². The fraction of sp³-hybridized carbons (Fsp3) is 0.588. The van der Waals surface area contributed by atoms with Gasteiger partial charge in [0.2, 0.25) is 5.91 Å². The van der Waals surface area contributed by atoms with Gasteiger partial charge in [0.25, 0.3) is 0 Å². The van der Waals surface area contributed by atoms with E-state index in [9.17, 15) is 9.18 Å². The Morgan fingerprint density at radius 1 is 1.43 bits per heavy atom. The van der Waals surface area contributed by atoms with Gasteiger partial charge in [-0.15, -0.1) is 12.4 Å². The van der Waals surface area contributed by atoms with Crippen LogP contribution in [0.15, 0.2) is 22.7 Å². The van der Waals surface area contributed by atoms with Crippen LogP contribution in [0.4, 0.5) is 4.39 Å². The van der Waals surface area contributed by atoms with Gasteiger partial charge in [-0.1, -0.05) is 13.0 Å². The van der Waals surface area contributed by atoms with Crippen molar-refractivity contribution < 1.29 is 9.18 Å². The second kappa shape index (κ2) is 10.3. The molecule has 1 heterocycles. The van der Waals surface area contributed by atoms with Crippen LogP contribution in [0.25, 0.3) is 0 Å². The average Bonchev–Trinajstić information content (AvgIpc) is 2.51. The number of nitrogens with one attached hydrogen (secondary N) is 2. The Bertz CT molecular complexity index is 509. The molecule has 1 unspecified atom stereocenters. The Balaban J connectivity index is 0.00000264. The number of hydrogen-bond donors (Lipinski definition) is 2. The van der Waals surface area contributed by atoms with Crippen LogP contribution in [-0.4, -0.2) is 25.5 Å². The molecule has 1 amide bonds. The summed E-state index contributed by atoms with van der Waals surface area (Å²) in [6.45, 7) is 4.90. The third kappa shape index (κ3) is 6.77. The summed E-state index contributed by atoms with van der Waals surface area (Å²) in [4.78, 5) is 12.0. The van der Waals surface area contributed by atoms with Gasteiger partial charge >= 0.3 is 0 Å². The summed E-state index contributed by atoms with van der Waals surface area (Å²) in [6.07, 6.45) is 3.64. The van der Waals surface area contributed by atoms with Crippen LogP contribution in [0.2, 0.25) is 0 Å². The molecule has 0 aliphatic carbocycles. The Morgan fingerprint density at radius 3 is 2.78 bits per heavy atom. The second-order valence-corrected chi connectivity index (χ2v) is 6.97. The lowest BCUT2D eigenvalue weighted by Gasteiger charge is -2.27. The number of rotatable bonds is 6. The molecule has 0 radical (unpaired) electrons. The molecule has 1 saturated heterocycles. The lowest BCUT2D eigenvalue weighted by atomic mass is 9.84. The Labute approximate surface area is 152 Å². The number of piperidine rings is 1. The van der Waals surface area contributed by atoms with Gasteiger partial charge in [0, 0.05) is 13.0 Å². The SMILES string of the molecule is CC(CC(=O)NCCc1ccc(F)c(Br)c1)C1CCNCC1.Cl. The minimum absolute atomic E-state index is 0. The van der Waals surface area contributed by atoms with Crippen LogP contribution in [-0.2, 0) is 11.2 Å². The summed E-state index contributed by atoms with van der Waals surface area (Å²) >= 11 is 3.18. The quantitative estimate of drug-likeness (QED) is 0.755. The van der Waals surface area contributed by atoms with Crippen molar-refractivity contribution in [1.29, 1.82) is 0 Å². The largest absolute Gasteiger partial charge is 0.356 e. The van der Waals surface area contributed by atoms with Crippen LogP contribution in [0.3, 0.4) is 0 Å². The van der Waals surface area contributed by atoms with Crippen molar-refractivity contribution in [1.82, 2.24) is 10.6 Å². The molecule has 0 aromatic heterocycles. The van der Waals surface area contributed by atoms with Gasteiger partial charge < -0.3 is 10.6 Å². The monoisotopic (exact) mass is 406 g/mol. The first-order valence-electron chi connectivity index (χ1n) is 7.97. The fourth-order valence-electron chi connectivity index (χ4n) is 2.99. The lowest BCUT2D eigenvalue weighted by Crippen LogP contribution is -2.34. The first-order chi connectivity index (χ1) is 10.6. The molecule has 2 rings (SSSR count). The Morgan fingerprint density at radius 2 is 2.13 bits per heavy atom. The smallest absolute Gasteiger partial charge is 0.220 e. The number of hydrogen-bond acceptors (Lipinski definition) is 2. The van der Waals surface area contributed by atoms with Gasteiger partial charge in [-0.2, -0.15) is 0 Å². The average molecular weight is 408 g/mol. The number of halogens is 3. The molecular formula is C17H25BrClFN2O. The third-order valence-corrected chi connectivity index (χ3v) is 5.02. The number of benzene rings is 1. The fourth-order valence-corrected chi connectivity index (χ4v) is 3.41. The molecule has 1 aliphatic rings. The molecule has 130 valence electrons. The normalized spacial score (nSPS) is 16.5. The molecule has 1 aromatic rings. The topological polar surface area (TPSA) is 41.1 Å². The summed E-state index contributed by atoms with van der Waals surface area (Å²) in [5.41, 5.74) is 1.01. The number of amides is 1. The lowest BCUT2D eigenvalue weighted by molar-refractivity contribution is -0.122. The van der Waals surface area contributed by atoms with Crippen molar-refractivity contribution in [2.45, 2.75) is 32.6 Å². The summed E-state index contributed by atoms with van der Waals surface area (Å²) < 4.78 is 13.6. The van der Waals surface area contributed by atoms with Crippen LogP contribution in [0, 0.1) is 17.7 Å². The van der Waals surface area contributed by atoms with Gasteiger partial charge in [-0.05, 0) is 77.8 Å². The zero-order valence-electron chi connectivity index (χ0n) is 13.4. The molecule has 1 fully saturated rings. The molecular weight excluding hydrogens is 383 g/mol. The molecule has 1 aromatic carbocycles. The first-order valence-corrected chi connectivity index (χ1v) is 8.77. The minimum Gasteiger partial charge on any atom is -0.356 e. The van der Waals surface area contributed by atoms with Crippen molar-refractivity contribution in [3.8, 4) is 0 Å². The van der Waals surface area contributed by atoms with Gasteiger partial charge in [-0.25, -0.2) is 4.39 Å². The van der Waals surface area contributed by atoms with Gasteiger partial charge in [-0.3, -0.25) is 4.79 Å². The molecule has 1 atom stereocenters. The van der Waals surface area contributed by atoms with Crippen molar-refractivity contribution in [3.05, 3.63) is 34.1 Å². The Kier molecular flexibility index (Phi) is 9.10. The van der Waals surface area contributed by atoms with E-state index in [0.717, 1.165) is 31.5 Å². The maximum atomic E-state index is 13.1. The van der Waals surface area contributed by atoms with Crippen molar-refractivity contribution >= 4 is 34.2 Å². The molecule has 0 spiro atoms. The highest BCUT2D eigenvalue weighted by atomic mass is 79.9. The van der Waals surface area contributed by atoms with Gasteiger partial charge in [0.15, 0.2) is 0 Å². The van der Waals surface area contributed by atoms with Gasteiger partial charge in [0.05, 0.1) is 4.47 Å². The van der Waals surface area contributed by atoms with Gasteiger partial charge in [0.1, 0.15) is 5.82 Å². The maximum absolute atomic E-state index is 13.1. The molecule has 6 heteroatoms. The van der Waals surface area contributed by atoms with E-state index in [1.807, 2.05) is 0 Å². The highest BCUT2D eigenvalue weighted by Crippen LogP contribution is 2.24. The molecule has 0 saturated carbocycles. The van der Waals surface area contributed by atoms with E-state index in [4.69, 9.17) is 0 Å². The van der Waals surface area contributed by atoms with E-state index < -0.39 is 0 Å². The summed E-state index contributed by atoms with van der Waals surface area (Å²) in [5.74, 6) is 0.943. The predicted octanol–water partition coefficient (Wildman–Crippen LogP) is 3.69. The van der Waals surface area contributed by atoms with Crippen molar-refractivity contribution in [2.75, 3.05) is 19.6 Å². The summed E-state index contributed by atoms with van der Waals surface area (Å²) in [7, 11) is 0. The highest BCUT2D eigenvalue weighted by molar-refractivity contribution is 9.10. The van der Waals surface area contributed by atoms with E-state index in [1.54, 1.807) is 12.1 Å². The molecule has 1 aliphatic heterocycles. The standard InChI is InChI=1S/C17H24BrFN2O.ClH/c1-12(14-5-7-20-8-6-14)10-17(22)21-9-4-13-2-3-16(19)15(18)11-13;/h2-3,11-12,14,20H,4-10H2,1H3,(H,21,22);1H. The van der Waals surface area contributed by atoms with E-state index in [0.29, 0.717) is 35.7 Å². The third-order valence-electron chi connectivity index (χ3n) is 4.42. The zero-order chi connectivity index (χ0) is 15.9. The predicted molar refractivity (Wildman–Crippen MR) is 97.4 cm³/mol. The van der Waals surface area contributed by atoms with Crippen LogP contribution < -0.4 is 10.6 Å². The second-order valence-electron chi connectivity index (χ2n) is 6.12. The van der Waals surface area contributed by atoms with Crippen LogP contribution >= 0.6 is 28.3 Å². The highest BCUT2D eigenvalue weighted by Gasteiger charge is 2.21. The maximum Gasteiger partial charge on any atom is 0.220 e. The molecule has 2 N–H and O–H groups in total. The van der Waals surface area contributed by atoms with Crippen molar-refractivity contribution in [2.24, 2.45) is 11.8 Å². The van der Waals surface area contributed by atoms with Crippen LogP contribution in [0.5, 0.6) is 0 Å². The Hall–Kier alpha value is -0.650. The molecule has 3 nitrogen and oxygen atoms in total. The van der Waals surface area contributed by atoms with E-state index in [2.05, 4.69) is 33.5 Å². The van der Waals surface area contributed by atoms with Crippen molar-refractivity contribution in [3.63, 3.8) is 0 Å². The van der Waals surface area contributed by atoms with E-state index in [1.165, 1.54) is 6.07 Å². The minimum atomic E-state index is -0.261. The molecule has 23 heavy (non-hydrogen) atoms. The first kappa shape index (κ1) is 20.4. The zero-order valence-corrected chi connectivity index (χ0v) is 15.8.